The van der Waals surface area contributed by atoms with E-state index in [9.17, 15) is 0 Å². The molecule has 0 saturated carbocycles. The van der Waals surface area contributed by atoms with Crippen LogP contribution in [0.1, 0.15) is 13.8 Å². The topological polar surface area (TPSA) is 144 Å². The standard InChI is InChI=1S/C2HNO2.2C2H4O2.Al/c3-1-2(4)5;2*1-2(3)4;/h(H,4,5);2*1H3,(H,3,4);/q;;;+3/p-3. The van der Waals surface area contributed by atoms with Gasteiger partial charge in [0.2, 0.25) is 0 Å². The van der Waals surface area contributed by atoms with E-state index in [1.165, 1.54) is 0 Å². The van der Waals surface area contributed by atoms with Gasteiger partial charge in [0.15, 0.2) is 0 Å². The number of hydrogen-bond donors (Lipinski definition) is 0. The molecule has 74 valence electrons. The molecule has 8 heteroatoms. The smallest absolute Gasteiger partial charge is 0.550 e. The van der Waals surface area contributed by atoms with Crippen molar-refractivity contribution in [3.63, 3.8) is 0 Å². The van der Waals surface area contributed by atoms with Crippen LogP contribution in [-0.2, 0) is 14.4 Å². The molecule has 0 amide bonds. The van der Waals surface area contributed by atoms with Gasteiger partial charge in [0.1, 0.15) is 12.0 Å². The SMILES string of the molecule is CC(=O)[O-].CC(=O)[O-].N#CC(=O)[O-].[Al+3]. The Balaban J connectivity index is -0.0000000522. The molecule has 0 N–H and O–H groups in total. The van der Waals surface area contributed by atoms with Crippen molar-refractivity contribution < 1.29 is 29.7 Å². The van der Waals surface area contributed by atoms with Gasteiger partial charge in [-0.2, -0.15) is 5.26 Å². The van der Waals surface area contributed by atoms with Crippen LogP contribution in [0.15, 0.2) is 0 Å². The van der Waals surface area contributed by atoms with Gasteiger partial charge in [0.25, 0.3) is 0 Å². The molecule has 0 bridgehead atoms. The van der Waals surface area contributed by atoms with Crippen molar-refractivity contribution in [1.82, 2.24) is 0 Å². The van der Waals surface area contributed by atoms with E-state index >= 15 is 0 Å². The van der Waals surface area contributed by atoms with Crippen LogP contribution in [0.4, 0.5) is 0 Å². The average Bonchev–Trinajstić information content (AvgIpc) is 1.84. The molecule has 0 aromatic heterocycles. The molecule has 0 spiro atoms. The third-order valence-corrected chi connectivity index (χ3v) is 0.0913. The fourth-order valence-corrected chi connectivity index (χ4v) is 0. The second-order valence-corrected chi connectivity index (χ2v) is 1.38. The fourth-order valence-electron chi connectivity index (χ4n) is 0. The number of carbonyl (C=O) groups excluding carboxylic acids is 3. The normalized spacial score (nSPS) is 5.50. The first-order valence-electron chi connectivity index (χ1n) is 2.70. The zero-order chi connectivity index (χ0) is 11.4. The molecule has 0 aliphatic carbocycles. The number of nitrogens with zero attached hydrogens (tertiary/aromatic N) is 1. The monoisotopic (exact) mass is 215 g/mol. The number of hydrogen-bond acceptors (Lipinski definition) is 7. The van der Waals surface area contributed by atoms with Gasteiger partial charge in [-0.15, -0.1) is 0 Å². The van der Waals surface area contributed by atoms with Gasteiger partial charge in [-0.1, -0.05) is 0 Å². The van der Waals surface area contributed by atoms with Crippen molar-refractivity contribution in [2.24, 2.45) is 0 Å². The Kier molecular flexibility index (Phi) is 28.6. The van der Waals surface area contributed by atoms with Crippen LogP contribution >= 0.6 is 0 Å². The Morgan fingerprint density at radius 1 is 1.00 bits per heavy atom. The number of rotatable bonds is 0. The molecule has 14 heavy (non-hydrogen) atoms. The second-order valence-electron chi connectivity index (χ2n) is 1.38. The zero-order valence-corrected chi connectivity index (χ0v) is 8.63. The Bertz CT molecular complexity index is 201. The van der Waals surface area contributed by atoms with Crippen molar-refractivity contribution in [3.8, 4) is 6.07 Å². The summed E-state index contributed by atoms with van der Waals surface area (Å²) in [5, 5.41) is 33.9. The van der Waals surface area contributed by atoms with Gasteiger partial charge in [0, 0.05) is 11.9 Å². The summed E-state index contributed by atoms with van der Waals surface area (Å²) in [6.07, 6.45) is 0. The predicted octanol–water partition coefficient (Wildman–Crippen LogP) is -4.61. The number of aliphatic carboxylic acids is 3. The maximum atomic E-state index is 8.90. The summed E-state index contributed by atoms with van der Waals surface area (Å²) in [7, 11) is 0. The second kappa shape index (κ2) is 17.5. The summed E-state index contributed by atoms with van der Waals surface area (Å²) in [6, 6.07) is 0.833. The molecule has 0 fully saturated rings. The number of carboxylic acid groups (broad SMARTS) is 3. The van der Waals surface area contributed by atoms with E-state index in [0.29, 0.717) is 0 Å². The molecule has 0 rings (SSSR count). The van der Waals surface area contributed by atoms with Gasteiger partial charge in [0.05, 0.1) is 0 Å². The van der Waals surface area contributed by atoms with E-state index in [4.69, 9.17) is 35.0 Å². The minimum Gasteiger partial charge on any atom is -0.550 e. The van der Waals surface area contributed by atoms with Crippen molar-refractivity contribution in [1.29, 1.82) is 5.26 Å². The van der Waals surface area contributed by atoms with E-state index in [1.54, 1.807) is 0 Å². The van der Waals surface area contributed by atoms with E-state index in [1.807, 2.05) is 0 Å². The van der Waals surface area contributed by atoms with Crippen molar-refractivity contribution in [3.05, 3.63) is 0 Å². The maximum absolute atomic E-state index is 8.90. The molecule has 0 aromatic rings. The van der Waals surface area contributed by atoms with Gasteiger partial charge in [-0.25, -0.2) is 0 Å². The van der Waals surface area contributed by atoms with E-state index in [2.05, 4.69) is 0 Å². The molecule has 0 heterocycles. The molecule has 0 aromatic carbocycles. The Morgan fingerprint density at radius 2 is 1.07 bits per heavy atom. The summed E-state index contributed by atoms with van der Waals surface area (Å²) in [6.45, 7) is 1.94. The van der Waals surface area contributed by atoms with E-state index in [0.717, 1.165) is 19.9 Å². The van der Waals surface area contributed by atoms with E-state index < -0.39 is 17.9 Å². The predicted molar refractivity (Wildman–Crippen MR) is 37.7 cm³/mol. The summed E-state index contributed by atoms with van der Waals surface area (Å²) in [4.78, 5) is 26.7. The minimum absolute atomic E-state index is 0. The summed E-state index contributed by atoms with van der Waals surface area (Å²) >= 11 is 0. The van der Waals surface area contributed by atoms with Crippen LogP contribution in [0.25, 0.3) is 0 Å². The third kappa shape index (κ3) is 4960. The first-order chi connectivity index (χ1) is 5.73. The average molecular weight is 215 g/mol. The molecule has 0 radical (unpaired) electrons. The van der Waals surface area contributed by atoms with E-state index in [-0.39, 0.29) is 17.4 Å². The molecule has 0 atom stereocenters. The molecular weight excluding hydrogens is 209 g/mol. The van der Waals surface area contributed by atoms with Crippen molar-refractivity contribution in [2.45, 2.75) is 13.8 Å². The molecule has 0 aliphatic heterocycles. The summed E-state index contributed by atoms with van der Waals surface area (Å²) < 4.78 is 0. The zero-order valence-electron chi connectivity index (χ0n) is 7.47. The van der Waals surface area contributed by atoms with Crippen LogP contribution < -0.4 is 15.3 Å². The molecular formula is C6H6AlNO6. The van der Waals surface area contributed by atoms with Gasteiger partial charge >= 0.3 is 17.4 Å². The molecule has 0 aliphatic rings. The van der Waals surface area contributed by atoms with Gasteiger partial charge < -0.3 is 29.7 Å². The van der Waals surface area contributed by atoms with Crippen molar-refractivity contribution in [2.75, 3.05) is 0 Å². The van der Waals surface area contributed by atoms with Crippen LogP contribution in [0.2, 0.25) is 0 Å². The van der Waals surface area contributed by atoms with Gasteiger partial charge in [-0.3, -0.25) is 0 Å². The van der Waals surface area contributed by atoms with Crippen LogP contribution in [0.5, 0.6) is 0 Å². The maximum Gasteiger partial charge on any atom is 3.00 e. The minimum atomic E-state index is -1.69. The third-order valence-electron chi connectivity index (χ3n) is 0.0913. The van der Waals surface area contributed by atoms with Crippen LogP contribution in [-0.4, -0.2) is 35.3 Å². The number of carbonyl (C=O) groups is 3. The Labute approximate surface area is 90.7 Å². The first kappa shape index (κ1) is 22.9. The number of nitriles is 1. The van der Waals surface area contributed by atoms with Gasteiger partial charge in [-0.05, 0) is 13.8 Å². The first-order valence-corrected chi connectivity index (χ1v) is 2.70. The van der Waals surface area contributed by atoms with Crippen molar-refractivity contribution >= 4 is 35.3 Å². The van der Waals surface area contributed by atoms with Crippen LogP contribution in [0.3, 0.4) is 0 Å². The molecule has 0 unspecified atom stereocenters. The Morgan fingerprint density at radius 3 is 1.07 bits per heavy atom. The fraction of sp³-hybridized carbons (Fsp3) is 0.333. The molecule has 7 nitrogen and oxygen atoms in total. The molecule has 0 saturated heterocycles. The Hall–Kier alpha value is -1.57. The summed E-state index contributed by atoms with van der Waals surface area (Å²) in [5.41, 5.74) is 0. The summed E-state index contributed by atoms with van der Waals surface area (Å²) in [5.74, 6) is -3.86. The number of carboxylic acids is 3. The van der Waals surface area contributed by atoms with Crippen LogP contribution in [0, 0.1) is 11.3 Å². The largest absolute Gasteiger partial charge is 3.00 e. The quantitative estimate of drug-likeness (QED) is 0.292.